The molecule has 1 rings (SSSR count). The van der Waals surface area contributed by atoms with Gasteiger partial charge in [0.2, 0.25) is 0 Å². The smallest absolute Gasteiger partial charge is 0.235 e. The molecule has 0 N–H and O–H groups in total. The summed E-state index contributed by atoms with van der Waals surface area (Å²) in [4.78, 5) is 3.39. The number of hydrogen-bond donors (Lipinski definition) is 0. The monoisotopic (exact) mass is 163 g/mol. The molecule has 1 nitrogen and oxygen atoms in total. The summed E-state index contributed by atoms with van der Waals surface area (Å²) in [6.45, 7) is 0. The molecule has 0 aliphatic rings. The van der Waals surface area contributed by atoms with E-state index >= 15 is 0 Å². The first-order valence-corrected chi connectivity index (χ1v) is 2.98. The second-order valence-electron chi connectivity index (χ2n) is 1.69. The Labute approximate surface area is 61.7 Å². The molecule has 1 aromatic heterocycles. The first kappa shape index (κ1) is 7.41. The molecule has 0 spiro atoms. The van der Waals surface area contributed by atoms with Gasteiger partial charge in [-0.05, 0) is 12.1 Å². The lowest BCUT2D eigenvalue weighted by Crippen LogP contribution is -1.87. The van der Waals surface area contributed by atoms with Crippen LogP contribution in [-0.4, -0.2) is 4.98 Å². The summed E-state index contributed by atoms with van der Waals surface area (Å²) in [5.41, 5.74) is -0.285. The van der Waals surface area contributed by atoms with E-state index in [1.54, 1.807) is 0 Å². The number of rotatable bonds is 1. The van der Waals surface area contributed by atoms with Gasteiger partial charge in [0.15, 0.2) is 0 Å². The third-order valence-electron chi connectivity index (χ3n) is 0.960. The molecule has 0 radical (unpaired) electrons. The average molecular weight is 164 g/mol. The van der Waals surface area contributed by atoms with E-state index in [4.69, 9.17) is 11.6 Å². The van der Waals surface area contributed by atoms with Crippen LogP contribution in [0.3, 0.4) is 0 Å². The van der Waals surface area contributed by atoms with Crippen molar-refractivity contribution in [3.63, 3.8) is 0 Å². The van der Waals surface area contributed by atoms with Crippen LogP contribution in [0.2, 0.25) is 5.15 Å². The van der Waals surface area contributed by atoms with Crippen LogP contribution in [0.1, 0.15) is 12.1 Å². The molecule has 1 heterocycles. The van der Waals surface area contributed by atoms with Gasteiger partial charge >= 0.3 is 0 Å². The fraction of sp³-hybridized carbons (Fsp3) is 0.167. The summed E-state index contributed by atoms with van der Waals surface area (Å²) in [5.74, 6) is 0. The van der Waals surface area contributed by atoms with E-state index in [1.165, 1.54) is 18.2 Å². The molecule has 0 aliphatic carbocycles. The Morgan fingerprint density at radius 1 is 1.40 bits per heavy atom. The first-order valence-electron chi connectivity index (χ1n) is 2.61. The number of alkyl halides is 2. The molecule has 54 valence electrons. The van der Waals surface area contributed by atoms with Crippen LogP contribution in [-0.2, 0) is 0 Å². The number of nitrogens with zero attached hydrogens (tertiary/aromatic N) is 1. The van der Waals surface area contributed by atoms with Crippen LogP contribution in [0.15, 0.2) is 18.2 Å². The average Bonchev–Trinajstić information content (AvgIpc) is 1.88. The molecule has 0 amide bonds. The lowest BCUT2D eigenvalue weighted by molar-refractivity contribution is 0.146. The van der Waals surface area contributed by atoms with Gasteiger partial charge in [-0.3, -0.25) is 0 Å². The summed E-state index contributed by atoms with van der Waals surface area (Å²) in [6.07, 6.45) is -2.54. The maximum absolute atomic E-state index is 11.8. The minimum Gasteiger partial charge on any atom is -0.235 e. The minimum atomic E-state index is -2.54. The first-order chi connectivity index (χ1) is 4.70. The van der Waals surface area contributed by atoms with Crippen LogP contribution >= 0.6 is 11.6 Å². The van der Waals surface area contributed by atoms with E-state index in [1.807, 2.05) is 0 Å². The van der Waals surface area contributed by atoms with Gasteiger partial charge in [0.25, 0.3) is 6.43 Å². The van der Waals surface area contributed by atoms with Crippen molar-refractivity contribution < 1.29 is 8.78 Å². The number of pyridine rings is 1. The maximum Gasteiger partial charge on any atom is 0.280 e. The highest BCUT2D eigenvalue weighted by molar-refractivity contribution is 6.29. The topological polar surface area (TPSA) is 12.9 Å². The summed E-state index contributed by atoms with van der Waals surface area (Å²) < 4.78 is 23.7. The van der Waals surface area contributed by atoms with Gasteiger partial charge in [-0.15, -0.1) is 0 Å². The van der Waals surface area contributed by atoms with Crippen LogP contribution in [0.4, 0.5) is 8.78 Å². The standard InChI is InChI=1S/C6H4ClF2N/c7-5-3-1-2-4(10-5)6(8)9/h1-3,6H. The Kier molecular flexibility index (Phi) is 2.17. The van der Waals surface area contributed by atoms with E-state index in [0.717, 1.165) is 0 Å². The highest BCUT2D eigenvalue weighted by atomic mass is 35.5. The Bertz CT molecular complexity index is 227. The summed E-state index contributed by atoms with van der Waals surface area (Å²) in [6, 6.07) is 4.13. The molecule has 0 atom stereocenters. The fourth-order valence-corrected chi connectivity index (χ4v) is 0.716. The third kappa shape index (κ3) is 1.64. The van der Waals surface area contributed by atoms with Crippen molar-refractivity contribution in [2.24, 2.45) is 0 Å². The van der Waals surface area contributed by atoms with Crippen molar-refractivity contribution >= 4 is 11.6 Å². The van der Waals surface area contributed by atoms with Crippen LogP contribution in [0.25, 0.3) is 0 Å². The van der Waals surface area contributed by atoms with E-state index in [0.29, 0.717) is 0 Å². The van der Waals surface area contributed by atoms with Crippen molar-refractivity contribution in [2.45, 2.75) is 6.43 Å². The zero-order chi connectivity index (χ0) is 7.56. The summed E-state index contributed by atoms with van der Waals surface area (Å²) in [7, 11) is 0. The molecule has 0 aliphatic heterocycles. The highest BCUT2D eigenvalue weighted by Gasteiger charge is 2.07. The Morgan fingerprint density at radius 2 is 2.10 bits per heavy atom. The van der Waals surface area contributed by atoms with Gasteiger partial charge in [0.05, 0.1) is 0 Å². The predicted octanol–water partition coefficient (Wildman–Crippen LogP) is 2.67. The predicted molar refractivity (Wildman–Crippen MR) is 34.2 cm³/mol. The Morgan fingerprint density at radius 3 is 2.50 bits per heavy atom. The van der Waals surface area contributed by atoms with Crippen molar-refractivity contribution in [1.29, 1.82) is 0 Å². The quantitative estimate of drug-likeness (QED) is 0.580. The van der Waals surface area contributed by atoms with Gasteiger partial charge in [-0.2, -0.15) is 0 Å². The Hall–Kier alpha value is -0.700. The van der Waals surface area contributed by atoms with Crippen molar-refractivity contribution in [1.82, 2.24) is 4.98 Å². The van der Waals surface area contributed by atoms with Gasteiger partial charge < -0.3 is 0 Å². The van der Waals surface area contributed by atoms with Crippen LogP contribution in [0, 0.1) is 0 Å². The zero-order valence-corrected chi connectivity index (χ0v) is 5.65. The van der Waals surface area contributed by atoms with E-state index in [-0.39, 0.29) is 10.8 Å². The number of halogens is 3. The number of hydrogen-bond acceptors (Lipinski definition) is 1. The van der Waals surface area contributed by atoms with Gasteiger partial charge in [0.1, 0.15) is 10.8 Å². The van der Waals surface area contributed by atoms with Crippen LogP contribution in [0.5, 0.6) is 0 Å². The van der Waals surface area contributed by atoms with Crippen molar-refractivity contribution in [3.8, 4) is 0 Å². The van der Waals surface area contributed by atoms with Crippen LogP contribution < -0.4 is 0 Å². The van der Waals surface area contributed by atoms with E-state index in [2.05, 4.69) is 4.98 Å². The molecule has 0 unspecified atom stereocenters. The normalized spacial score (nSPS) is 10.4. The lowest BCUT2D eigenvalue weighted by Gasteiger charge is -1.96. The van der Waals surface area contributed by atoms with Crippen molar-refractivity contribution in [2.75, 3.05) is 0 Å². The molecule has 4 heteroatoms. The molecule has 10 heavy (non-hydrogen) atoms. The molecule has 0 fully saturated rings. The van der Waals surface area contributed by atoms with Crippen molar-refractivity contribution in [3.05, 3.63) is 29.0 Å². The molecular formula is C6H4ClF2N. The van der Waals surface area contributed by atoms with E-state index in [9.17, 15) is 8.78 Å². The van der Waals surface area contributed by atoms with Gasteiger partial charge in [-0.25, -0.2) is 13.8 Å². The van der Waals surface area contributed by atoms with Gasteiger partial charge in [0, 0.05) is 0 Å². The Balaban J connectivity index is 2.96. The molecule has 0 bridgehead atoms. The molecule has 0 saturated carbocycles. The minimum absolute atomic E-state index is 0.0952. The molecule has 0 aromatic carbocycles. The summed E-state index contributed by atoms with van der Waals surface area (Å²) in [5, 5.41) is 0.0952. The third-order valence-corrected chi connectivity index (χ3v) is 1.17. The molecular weight excluding hydrogens is 160 g/mol. The SMILES string of the molecule is FC(F)c1cccc(Cl)n1. The van der Waals surface area contributed by atoms with E-state index < -0.39 is 6.43 Å². The second kappa shape index (κ2) is 2.92. The zero-order valence-electron chi connectivity index (χ0n) is 4.89. The molecule has 0 saturated heterocycles. The van der Waals surface area contributed by atoms with Gasteiger partial charge in [-0.1, -0.05) is 17.7 Å². The molecule has 1 aromatic rings. The summed E-state index contributed by atoms with van der Waals surface area (Å²) >= 11 is 5.34. The maximum atomic E-state index is 11.8. The number of aromatic nitrogens is 1. The largest absolute Gasteiger partial charge is 0.280 e. The lowest BCUT2D eigenvalue weighted by atomic mass is 10.4. The fourth-order valence-electron chi connectivity index (χ4n) is 0.546. The second-order valence-corrected chi connectivity index (χ2v) is 2.07. The highest BCUT2D eigenvalue weighted by Crippen LogP contribution is 2.17.